The van der Waals surface area contributed by atoms with Crippen LogP contribution in [0, 0.1) is 6.92 Å². The van der Waals surface area contributed by atoms with Gasteiger partial charge in [0.25, 0.3) is 5.91 Å². The van der Waals surface area contributed by atoms with Gasteiger partial charge in [-0.1, -0.05) is 35.2 Å². The molecular weight excluding hydrogens is 358 g/mol. The number of nitrogens with one attached hydrogen (secondary N) is 2. The number of aromatic nitrogens is 4. The number of rotatable bonds is 6. The van der Waals surface area contributed by atoms with Gasteiger partial charge in [-0.25, -0.2) is 9.97 Å². The molecule has 9 heteroatoms. The van der Waals surface area contributed by atoms with Crippen molar-refractivity contribution >= 4 is 39.9 Å². The molecule has 0 fully saturated rings. The van der Waals surface area contributed by atoms with Crippen molar-refractivity contribution in [2.24, 2.45) is 0 Å². The number of nitrogens with zero attached hydrogens (tertiary/aromatic N) is 3. The first-order valence-corrected chi connectivity index (χ1v) is 9.20. The SMILES string of the molecule is CC(=O)c1sc(NC(=O)c2ccc(CSc3ncn[nH]3)cc2)nc1C. The lowest BCUT2D eigenvalue weighted by Gasteiger charge is -2.03. The van der Waals surface area contributed by atoms with Gasteiger partial charge in [0.1, 0.15) is 6.33 Å². The Morgan fingerprint density at radius 2 is 2.04 bits per heavy atom. The van der Waals surface area contributed by atoms with E-state index in [1.165, 1.54) is 36.3 Å². The van der Waals surface area contributed by atoms with E-state index < -0.39 is 0 Å². The lowest BCUT2D eigenvalue weighted by atomic mass is 10.1. The summed E-state index contributed by atoms with van der Waals surface area (Å²) in [5.41, 5.74) is 2.24. The second-order valence-corrected chi connectivity index (χ2v) is 7.18. The van der Waals surface area contributed by atoms with Crippen LogP contribution in [0.25, 0.3) is 0 Å². The molecule has 0 saturated carbocycles. The maximum absolute atomic E-state index is 12.3. The van der Waals surface area contributed by atoms with E-state index in [0.29, 0.717) is 21.3 Å². The van der Waals surface area contributed by atoms with E-state index in [9.17, 15) is 9.59 Å². The molecule has 1 aromatic carbocycles. The van der Waals surface area contributed by atoms with Gasteiger partial charge < -0.3 is 0 Å². The zero-order chi connectivity index (χ0) is 17.8. The highest BCUT2D eigenvalue weighted by Gasteiger charge is 2.14. The highest BCUT2D eigenvalue weighted by atomic mass is 32.2. The van der Waals surface area contributed by atoms with Gasteiger partial charge in [-0.3, -0.25) is 20.0 Å². The van der Waals surface area contributed by atoms with Gasteiger partial charge in [-0.2, -0.15) is 5.10 Å². The highest BCUT2D eigenvalue weighted by molar-refractivity contribution is 7.98. The Morgan fingerprint density at radius 3 is 2.64 bits per heavy atom. The topological polar surface area (TPSA) is 101 Å². The molecule has 3 rings (SSSR count). The normalized spacial score (nSPS) is 10.6. The number of thiazole rings is 1. The van der Waals surface area contributed by atoms with E-state index in [-0.39, 0.29) is 11.7 Å². The number of Topliss-reactive ketones (excluding diaryl/α,β-unsaturated/α-hetero) is 1. The third-order valence-corrected chi connectivity index (χ3v) is 5.44. The minimum atomic E-state index is -0.252. The fourth-order valence-electron chi connectivity index (χ4n) is 2.11. The van der Waals surface area contributed by atoms with E-state index >= 15 is 0 Å². The molecule has 2 N–H and O–H groups in total. The minimum Gasteiger partial charge on any atom is -0.298 e. The number of carbonyl (C=O) groups excluding carboxylic acids is 2. The molecule has 0 bridgehead atoms. The van der Waals surface area contributed by atoms with Gasteiger partial charge in [-0.15, -0.1) is 0 Å². The van der Waals surface area contributed by atoms with Crippen molar-refractivity contribution in [2.45, 2.75) is 24.8 Å². The number of aryl methyl sites for hydroxylation is 1. The summed E-state index contributed by atoms with van der Waals surface area (Å²) in [7, 11) is 0. The van der Waals surface area contributed by atoms with Crippen LogP contribution in [-0.4, -0.2) is 31.9 Å². The molecule has 0 saturated heterocycles. The smallest absolute Gasteiger partial charge is 0.257 e. The molecule has 2 heterocycles. The fourth-order valence-corrected chi connectivity index (χ4v) is 3.71. The van der Waals surface area contributed by atoms with Crippen molar-refractivity contribution in [1.29, 1.82) is 0 Å². The van der Waals surface area contributed by atoms with Crippen LogP contribution in [0.15, 0.2) is 35.7 Å². The average molecular weight is 373 g/mol. The number of ketones is 1. The summed E-state index contributed by atoms with van der Waals surface area (Å²) in [6.07, 6.45) is 1.47. The number of amides is 1. The number of aromatic amines is 1. The van der Waals surface area contributed by atoms with Crippen molar-refractivity contribution < 1.29 is 9.59 Å². The summed E-state index contributed by atoms with van der Waals surface area (Å²) >= 11 is 2.72. The summed E-state index contributed by atoms with van der Waals surface area (Å²) in [5.74, 6) is 0.424. The van der Waals surface area contributed by atoms with E-state index in [1.54, 1.807) is 19.1 Å². The standard InChI is InChI=1S/C16H15N5O2S2/c1-9-13(10(2)22)25-16(19-9)20-14(23)12-5-3-11(4-6-12)7-24-15-17-8-18-21-15/h3-6,8H,7H2,1-2H3,(H,17,18,21)(H,19,20,23). The van der Waals surface area contributed by atoms with Crippen LogP contribution in [0.3, 0.4) is 0 Å². The van der Waals surface area contributed by atoms with Crippen LogP contribution in [0.5, 0.6) is 0 Å². The first-order chi connectivity index (χ1) is 12.0. The Bertz CT molecular complexity index is 888. The molecule has 0 aliphatic rings. The molecule has 7 nitrogen and oxygen atoms in total. The molecule has 3 aromatic rings. The molecule has 0 radical (unpaired) electrons. The average Bonchev–Trinajstić information content (AvgIpc) is 3.23. The number of hydrogen-bond acceptors (Lipinski definition) is 7. The van der Waals surface area contributed by atoms with Crippen molar-refractivity contribution in [2.75, 3.05) is 5.32 Å². The zero-order valence-electron chi connectivity index (χ0n) is 13.6. The predicted octanol–water partition coefficient (Wildman–Crippen LogP) is 3.32. The Balaban J connectivity index is 1.62. The van der Waals surface area contributed by atoms with E-state index in [0.717, 1.165) is 16.5 Å². The summed E-state index contributed by atoms with van der Waals surface area (Å²) in [4.78, 5) is 32.6. The van der Waals surface area contributed by atoms with Gasteiger partial charge in [0.15, 0.2) is 16.1 Å². The van der Waals surface area contributed by atoms with Gasteiger partial charge in [0.05, 0.1) is 10.6 Å². The number of hydrogen-bond donors (Lipinski definition) is 2. The lowest BCUT2D eigenvalue weighted by Crippen LogP contribution is -2.11. The number of anilines is 1. The number of H-pyrrole nitrogens is 1. The van der Waals surface area contributed by atoms with Crippen molar-refractivity contribution in [1.82, 2.24) is 20.2 Å². The largest absolute Gasteiger partial charge is 0.298 e. The van der Waals surface area contributed by atoms with Gasteiger partial charge in [0.2, 0.25) is 0 Å². The van der Waals surface area contributed by atoms with Gasteiger partial charge >= 0.3 is 0 Å². The van der Waals surface area contributed by atoms with Crippen LogP contribution in [0.4, 0.5) is 5.13 Å². The quantitative estimate of drug-likeness (QED) is 0.508. The molecular formula is C16H15N5O2S2. The minimum absolute atomic E-state index is 0.0518. The zero-order valence-corrected chi connectivity index (χ0v) is 15.2. The Morgan fingerprint density at radius 1 is 1.28 bits per heavy atom. The van der Waals surface area contributed by atoms with Crippen molar-refractivity contribution in [3.8, 4) is 0 Å². The maximum Gasteiger partial charge on any atom is 0.257 e. The molecule has 0 spiro atoms. The first-order valence-electron chi connectivity index (χ1n) is 7.40. The van der Waals surface area contributed by atoms with E-state index in [2.05, 4.69) is 25.5 Å². The predicted molar refractivity (Wildman–Crippen MR) is 97.2 cm³/mol. The second kappa shape index (κ2) is 7.58. The van der Waals surface area contributed by atoms with Crippen LogP contribution >= 0.6 is 23.1 Å². The first kappa shape index (κ1) is 17.3. The summed E-state index contributed by atoms with van der Waals surface area (Å²) in [5, 5.41) is 10.5. The molecule has 0 atom stereocenters. The maximum atomic E-state index is 12.3. The fraction of sp³-hybridized carbons (Fsp3) is 0.188. The Hall–Kier alpha value is -2.52. The van der Waals surface area contributed by atoms with Crippen LogP contribution < -0.4 is 5.32 Å². The van der Waals surface area contributed by atoms with Crippen molar-refractivity contribution in [3.05, 3.63) is 52.3 Å². The highest BCUT2D eigenvalue weighted by Crippen LogP contribution is 2.24. The summed E-state index contributed by atoms with van der Waals surface area (Å²) in [6, 6.07) is 7.31. The summed E-state index contributed by atoms with van der Waals surface area (Å²) < 4.78 is 0. The Kier molecular flexibility index (Phi) is 5.25. The molecule has 2 aromatic heterocycles. The third-order valence-electron chi connectivity index (χ3n) is 3.32. The van der Waals surface area contributed by atoms with Crippen LogP contribution in [0.2, 0.25) is 0 Å². The molecule has 0 aliphatic carbocycles. The molecule has 128 valence electrons. The van der Waals surface area contributed by atoms with Gasteiger partial charge in [-0.05, 0) is 24.6 Å². The molecule has 0 unspecified atom stereocenters. The third kappa shape index (κ3) is 4.31. The van der Waals surface area contributed by atoms with Gasteiger partial charge in [0, 0.05) is 18.2 Å². The molecule has 1 amide bonds. The number of carbonyl (C=O) groups is 2. The summed E-state index contributed by atoms with van der Waals surface area (Å²) in [6.45, 7) is 3.24. The van der Waals surface area contributed by atoms with E-state index in [4.69, 9.17) is 0 Å². The lowest BCUT2D eigenvalue weighted by molar-refractivity contribution is 0.101. The van der Waals surface area contributed by atoms with Crippen molar-refractivity contribution in [3.63, 3.8) is 0 Å². The molecule has 0 aliphatic heterocycles. The Labute approximate surface area is 152 Å². The van der Waals surface area contributed by atoms with Crippen LogP contribution in [0.1, 0.15) is 38.2 Å². The number of thioether (sulfide) groups is 1. The van der Waals surface area contributed by atoms with E-state index in [1.807, 2.05) is 12.1 Å². The second-order valence-electron chi connectivity index (χ2n) is 5.22. The monoisotopic (exact) mass is 373 g/mol. The molecule has 25 heavy (non-hydrogen) atoms. The number of benzene rings is 1. The van der Waals surface area contributed by atoms with Crippen LogP contribution in [-0.2, 0) is 5.75 Å².